The van der Waals surface area contributed by atoms with Crippen molar-refractivity contribution in [3.63, 3.8) is 0 Å². The van der Waals surface area contributed by atoms with Crippen molar-refractivity contribution in [3.05, 3.63) is 56.4 Å². The number of benzene rings is 2. The molecule has 35 heavy (non-hydrogen) atoms. The number of anilines is 2. The first-order chi connectivity index (χ1) is 16.3. The van der Waals surface area contributed by atoms with Crippen LogP contribution >= 0.6 is 0 Å². The molecular formula is C25H32N4O6. The van der Waals surface area contributed by atoms with Crippen LogP contribution in [-0.2, 0) is 6.42 Å². The van der Waals surface area contributed by atoms with Crippen LogP contribution < -0.4 is 10.2 Å². The number of rotatable bonds is 7. The summed E-state index contributed by atoms with van der Waals surface area (Å²) in [5.74, 6) is -1.88. The Morgan fingerprint density at radius 2 is 1.49 bits per heavy atom. The van der Waals surface area contributed by atoms with Crippen molar-refractivity contribution in [2.75, 3.05) is 71.1 Å². The van der Waals surface area contributed by atoms with Gasteiger partial charge >= 0.3 is 0 Å². The molecule has 188 valence electrons. The zero-order chi connectivity index (χ0) is 25.7. The molecule has 2 aromatic rings. The highest BCUT2D eigenvalue weighted by Gasteiger charge is 2.40. The van der Waals surface area contributed by atoms with E-state index in [1.807, 2.05) is 11.0 Å². The molecular weight excluding hydrogens is 452 g/mol. The SMILES string of the molecule is C[N+](C)([O-])CCNc1cc2c(c3c1C(=O)c1c(O)ccc(O)c1C3=O)N(CC[N+](C)(C)[O-])CCC2. The number of ketones is 2. The molecule has 10 heteroatoms. The van der Waals surface area contributed by atoms with Crippen LogP contribution in [0.1, 0.15) is 43.8 Å². The van der Waals surface area contributed by atoms with E-state index in [9.17, 15) is 30.2 Å². The Kier molecular flexibility index (Phi) is 6.26. The van der Waals surface area contributed by atoms with Crippen LogP contribution in [0.3, 0.4) is 0 Å². The van der Waals surface area contributed by atoms with Gasteiger partial charge in [-0.25, -0.2) is 0 Å². The van der Waals surface area contributed by atoms with Crippen molar-refractivity contribution in [3.8, 4) is 11.5 Å². The van der Waals surface area contributed by atoms with Crippen LogP contribution in [0.15, 0.2) is 18.2 Å². The summed E-state index contributed by atoms with van der Waals surface area (Å²) in [6.07, 6.45) is 1.49. The van der Waals surface area contributed by atoms with E-state index in [0.29, 0.717) is 30.9 Å². The normalized spacial score (nSPS) is 15.5. The number of nitrogens with one attached hydrogen (secondary N) is 1. The fourth-order valence-electron chi connectivity index (χ4n) is 4.78. The van der Waals surface area contributed by atoms with E-state index >= 15 is 0 Å². The highest BCUT2D eigenvalue weighted by Crippen LogP contribution is 2.46. The molecule has 1 heterocycles. The van der Waals surface area contributed by atoms with Gasteiger partial charge in [-0.05, 0) is 36.6 Å². The second-order valence-corrected chi connectivity index (χ2v) is 10.3. The maximum atomic E-state index is 13.8. The molecule has 10 nitrogen and oxygen atoms in total. The summed E-state index contributed by atoms with van der Waals surface area (Å²) in [5.41, 5.74) is 1.69. The van der Waals surface area contributed by atoms with Gasteiger partial charge in [0.2, 0.25) is 11.6 Å². The molecule has 1 aliphatic carbocycles. The van der Waals surface area contributed by atoms with Crippen LogP contribution in [0, 0.1) is 10.4 Å². The lowest BCUT2D eigenvalue weighted by atomic mass is 9.79. The Balaban J connectivity index is 1.90. The number of likely N-dealkylation sites (N-methyl/N-ethyl adjacent to an activating group) is 2. The van der Waals surface area contributed by atoms with Gasteiger partial charge in [-0.15, -0.1) is 0 Å². The second-order valence-electron chi connectivity index (χ2n) is 10.3. The molecule has 1 aliphatic heterocycles. The quantitative estimate of drug-likeness (QED) is 0.264. The number of phenols is 2. The number of carbonyl (C=O) groups is 2. The average molecular weight is 485 g/mol. The van der Waals surface area contributed by atoms with Crippen molar-refractivity contribution in [1.29, 1.82) is 0 Å². The molecule has 4 rings (SSSR count). The van der Waals surface area contributed by atoms with E-state index in [4.69, 9.17) is 0 Å². The highest BCUT2D eigenvalue weighted by molar-refractivity contribution is 6.33. The first-order valence-corrected chi connectivity index (χ1v) is 11.7. The molecule has 0 saturated carbocycles. The van der Waals surface area contributed by atoms with Crippen molar-refractivity contribution >= 4 is 22.9 Å². The van der Waals surface area contributed by atoms with Crippen LogP contribution in [0.4, 0.5) is 11.4 Å². The van der Waals surface area contributed by atoms with E-state index in [2.05, 4.69) is 5.32 Å². The number of quaternary nitrogens is 2. The molecule has 0 atom stereocenters. The zero-order valence-corrected chi connectivity index (χ0v) is 20.6. The molecule has 0 amide bonds. The Hall–Kier alpha value is -3.18. The van der Waals surface area contributed by atoms with Gasteiger partial charge in [-0.3, -0.25) is 9.59 Å². The molecule has 0 fully saturated rings. The van der Waals surface area contributed by atoms with Crippen LogP contribution in [0.25, 0.3) is 0 Å². The summed E-state index contributed by atoms with van der Waals surface area (Å²) in [7, 11) is 6.14. The Morgan fingerprint density at radius 3 is 2.06 bits per heavy atom. The molecule has 3 N–H and O–H groups in total. The third-order valence-electron chi connectivity index (χ3n) is 6.51. The summed E-state index contributed by atoms with van der Waals surface area (Å²) < 4.78 is -1.03. The molecule has 0 unspecified atom stereocenters. The minimum atomic E-state index is -0.574. The number of carbonyl (C=O) groups excluding carboxylic acids is 2. The monoisotopic (exact) mass is 484 g/mol. The smallest absolute Gasteiger partial charge is 0.200 e. The van der Waals surface area contributed by atoms with Crippen LogP contribution in [0.2, 0.25) is 0 Å². The standard InChI is InChI=1S/C25H32N4O6/c1-28(2,34)12-9-26-16-14-15-6-5-10-27(11-13-29(3,4)35)23(15)22-19(16)24(32)20-17(30)7-8-18(31)21(20)25(22)33/h7-8,14,26,30-31H,5-6,9-13H2,1-4H3. The van der Waals surface area contributed by atoms with Crippen molar-refractivity contribution in [2.45, 2.75) is 12.8 Å². The number of hydrogen-bond donors (Lipinski definition) is 3. The minimum Gasteiger partial charge on any atom is -0.633 e. The molecule has 2 aromatic carbocycles. The number of aryl methyl sites for hydroxylation is 1. The largest absolute Gasteiger partial charge is 0.633 e. The third kappa shape index (κ3) is 4.83. The van der Waals surface area contributed by atoms with E-state index < -0.39 is 20.9 Å². The van der Waals surface area contributed by atoms with Gasteiger partial charge in [0.15, 0.2) is 0 Å². The predicted octanol–water partition coefficient (Wildman–Crippen LogP) is 2.19. The fraction of sp³-hybridized carbons (Fsp3) is 0.440. The summed E-state index contributed by atoms with van der Waals surface area (Å²) in [5, 5.41) is 48.4. The second kappa shape index (κ2) is 8.80. The van der Waals surface area contributed by atoms with E-state index in [1.54, 1.807) is 14.1 Å². The van der Waals surface area contributed by atoms with Gasteiger partial charge in [0.25, 0.3) is 0 Å². The van der Waals surface area contributed by atoms with E-state index in [0.717, 1.165) is 12.0 Å². The number of hydrogen-bond acceptors (Lipinski definition) is 8. The van der Waals surface area contributed by atoms with Gasteiger partial charge in [0.05, 0.1) is 82.3 Å². The van der Waals surface area contributed by atoms with Crippen LogP contribution in [-0.4, -0.2) is 92.0 Å². The number of fused-ring (bicyclic) bond motifs is 4. The van der Waals surface area contributed by atoms with Gasteiger partial charge in [0.1, 0.15) is 11.5 Å². The Labute approximate surface area is 204 Å². The lowest BCUT2D eigenvalue weighted by molar-refractivity contribution is -0.838. The Morgan fingerprint density at radius 1 is 0.914 bits per heavy atom. The molecule has 0 saturated heterocycles. The summed E-state index contributed by atoms with van der Waals surface area (Å²) in [6.45, 7) is 1.81. The molecule has 0 radical (unpaired) electrons. The zero-order valence-electron chi connectivity index (χ0n) is 20.6. The predicted molar refractivity (Wildman–Crippen MR) is 133 cm³/mol. The molecule has 0 spiro atoms. The number of phenolic OH excluding ortho intramolecular Hbond substituents is 2. The number of nitrogens with zero attached hydrogens (tertiary/aromatic N) is 3. The summed E-state index contributed by atoms with van der Waals surface area (Å²) >= 11 is 0. The average Bonchev–Trinajstić information content (AvgIpc) is 2.75. The van der Waals surface area contributed by atoms with Gasteiger partial charge in [-0.2, -0.15) is 0 Å². The third-order valence-corrected chi connectivity index (χ3v) is 6.51. The first kappa shape index (κ1) is 24.9. The first-order valence-electron chi connectivity index (χ1n) is 11.7. The van der Waals surface area contributed by atoms with Crippen molar-refractivity contribution < 1.29 is 29.1 Å². The molecule has 2 aliphatic rings. The fourth-order valence-corrected chi connectivity index (χ4v) is 4.78. The molecule has 0 bridgehead atoms. The maximum absolute atomic E-state index is 13.8. The number of hydroxylamine groups is 6. The van der Waals surface area contributed by atoms with Crippen molar-refractivity contribution in [1.82, 2.24) is 0 Å². The summed E-state index contributed by atoms with van der Waals surface area (Å²) in [6, 6.07) is 4.22. The van der Waals surface area contributed by atoms with Crippen LogP contribution in [0.5, 0.6) is 11.5 Å². The van der Waals surface area contributed by atoms with Gasteiger partial charge in [-0.1, -0.05) is 0 Å². The molecule has 0 aromatic heterocycles. The summed E-state index contributed by atoms with van der Waals surface area (Å²) in [4.78, 5) is 29.5. The van der Waals surface area contributed by atoms with E-state index in [1.165, 1.54) is 26.2 Å². The lowest BCUT2D eigenvalue weighted by Gasteiger charge is -2.40. The number of aromatic hydroxyl groups is 2. The topological polar surface area (TPSA) is 136 Å². The van der Waals surface area contributed by atoms with Gasteiger partial charge < -0.3 is 40.1 Å². The minimum absolute atomic E-state index is 0.112. The lowest BCUT2D eigenvalue weighted by Crippen LogP contribution is -2.43. The maximum Gasteiger partial charge on any atom is 0.200 e. The van der Waals surface area contributed by atoms with E-state index in [-0.39, 0.29) is 53.4 Å². The Bertz CT molecular complexity index is 1200. The van der Waals surface area contributed by atoms with Crippen molar-refractivity contribution in [2.24, 2.45) is 0 Å². The highest BCUT2D eigenvalue weighted by atomic mass is 16.5. The van der Waals surface area contributed by atoms with Gasteiger partial charge in [0, 0.05) is 12.2 Å².